The van der Waals surface area contributed by atoms with E-state index in [1.165, 1.54) is 11.2 Å². The maximum Gasteiger partial charge on any atom is 0.407 e. The molecule has 1 fully saturated rings. The SMILES string of the molecule is CCOC(=O)C1CCc2sc3ncnc(OC4CCC(NC(=O)OC(C)(C)C)CC4)c3c21. The minimum atomic E-state index is -0.509. The lowest BCUT2D eigenvalue weighted by Crippen LogP contribution is -2.42. The first kappa shape index (κ1) is 22.8. The second kappa shape index (κ2) is 9.21. The van der Waals surface area contributed by atoms with Gasteiger partial charge in [-0.05, 0) is 71.8 Å². The van der Waals surface area contributed by atoms with Crippen molar-refractivity contribution in [3.05, 3.63) is 16.8 Å². The Kier molecular flexibility index (Phi) is 6.55. The molecule has 0 bridgehead atoms. The van der Waals surface area contributed by atoms with E-state index in [2.05, 4.69) is 15.3 Å². The lowest BCUT2D eigenvalue weighted by atomic mass is 9.93. The molecule has 2 aromatic heterocycles. The molecular weight excluding hydrogens is 430 g/mol. The van der Waals surface area contributed by atoms with Gasteiger partial charge in [-0.15, -0.1) is 11.3 Å². The van der Waals surface area contributed by atoms with Crippen LogP contribution in [0.2, 0.25) is 0 Å². The molecule has 0 aromatic carbocycles. The van der Waals surface area contributed by atoms with E-state index in [-0.39, 0.29) is 30.1 Å². The fraction of sp³-hybridized carbons (Fsp3) is 0.652. The summed E-state index contributed by atoms with van der Waals surface area (Å²) in [7, 11) is 0. The van der Waals surface area contributed by atoms with Gasteiger partial charge in [-0.25, -0.2) is 14.8 Å². The first-order valence-electron chi connectivity index (χ1n) is 11.3. The van der Waals surface area contributed by atoms with E-state index in [0.717, 1.165) is 54.3 Å². The quantitative estimate of drug-likeness (QED) is 0.655. The van der Waals surface area contributed by atoms with Gasteiger partial charge < -0.3 is 19.5 Å². The second-order valence-corrected chi connectivity index (χ2v) is 10.5. The summed E-state index contributed by atoms with van der Waals surface area (Å²) in [5.74, 6) is 0.0857. The largest absolute Gasteiger partial charge is 0.474 e. The number of amides is 1. The van der Waals surface area contributed by atoms with Crippen molar-refractivity contribution in [2.24, 2.45) is 0 Å². The summed E-state index contributed by atoms with van der Waals surface area (Å²) in [6.07, 6.45) is 5.99. The molecule has 2 aliphatic rings. The van der Waals surface area contributed by atoms with E-state index < -0.39 is 5.60 Å². The Morgan fingerprint density at radius 3 is 2.59 bits per heavy atom. The van der Waals surface area contributed by atoms with Gasteiger partial charge in [0.2, 0.25) is 5.88 Å². The molecule has 0 radical (unpaired) electrons. The Balaban J connectivity index is 1.44. The molecule has 174 valence electrons. The first-order valence-corrected chi connectivity index (χ1v) is 12.2. The molecule has 0 aliphatic heterocycles. The molecule has 9 heteroatoms. The van der Waals surface area contributed by atoms with Crippen molar-refractivity contribution in [3.63, 3.8) is 0 Å². The van der Waals surface area contributed by atoms with Crippen molar-refractivity contribution in [1.82, 2.24) is 15.3 Å². The third-order valence-corrected chi connectivity index (χ3v) is 6.99. The average Bonchev–Trinajstić information content (AvgIpc) is 3.27. The summed E-state index contributed by atoms with van der Waals surface area (Å²) in [4.78, 5) is 35.4. The van der Waals surface area contributed by atoms with E-state index >= 15 is 0 Å². The molecular formula is C23H31N3O5S. The van der Waals surface area contributed by atoms with Gasteiger partial charge in [0.25, 0.3) is 0 Å². The summed E-state index contributed by atoms with van der Waals surface area (Å²) in [5, 5.41) is 3.82. The van der Waals surface area contributed by atoms with Crippen LogP contribution in [-0.2, 0) is 20.7 Å². The van der Waals surface area contributed by atoms with Crippen LogP contribution < -0.4 is 10.1 Å². The van der Waals surface area contributed by atoms with Crippen molar-refractivity contribution in [1.29, 1.82) is 0 Å². The van der Waals surface area contributed by atoms with Crippen LogP contribution >= 0.6 is 11.3 Å². The number of hydrogen-bond acceptors (Lipinski definition) is 8. The second-order valence-electron chi connectivity index (χ2n) is 9.38. The molecule has 2 aromatic rings. The molecule has 1 saturated carbocycles. The van der Waals surface area contributed by atoms with Gasteiger partial charge in [0.05, 0.1) is 17.9 Å². The third kappa shape index (κ3) is 4.98. The Morgan fingerprint density at radius 1 is 1.16 bits per heavy atom. The fourth-order valence-electron chi connectivity index (χ4n) is 4.47. The first-order chi connectivity index (χ1) is 15.2. The predicted molar refractivity (Wildman–Crippen MR) is 121 cm³/mol. The highest BCUT2D eigenvalue weighted by Crippen LogP contribution is 2.46. The van der Waals surface area contributed by atoms with Gasteiger partial charge >= 0.3 is 12.1 Å². The van der Waals surface area contributed by atoms with Gasteiger partial charge in [-0.3, -0.25) is 4.79 Å². The molecule has 1 amide bonds. The van der Waals surface area contributed by atoms with Gasteiger partial charge in [0, 0.05) is 10.9 Å². The lowest BCUT2D eigenvalue weighted by Gasteiger charge is -2.30. The number of carbonyl (C=O) groups excluding carboxylic acids is 2. The summed E-state index contributed by atoms with van der Waals surface area (Å²) >= 11 is 1.61. The molecule has 4 rings (SSSR count). The van der Waals surface area contributed by atoms with Crippen LogP contribution in [0, 0.1) is 0 Å². The van der Waals surface area contributed by atoms with Crippen molar-refractivity contribution in [3.8, 4) is 5.88 Å². The van der Waals surface area contributed by atoms with Crippen molar-refractivity contribution in [2.75, 3.05) is 6.61 Å². The molecule has 1 unspecified atom stereocenters. The number of esters is 1. The summed E-state index contributed by atoms with van der Waals surface area (Å²) in [5.41, 5.74) is 0.477. The normalized spacial score (nSPS) is 22.9. The van der Waals surface area contributed by atoms with E-state index in [1.807, 2.05) is 27.7 Å². The van der Waals surface area contributed by atoms with Crippen molar-refractivity contribution in [2.45, 2.75) is 89.9 Å². The van der Waals surface area contributed by atoms with E-state index in [9.17, 15) is 9.59 Å². The molecule has 32 heavy (non-hydrogen) atoms. The Hall–Kier alpha value is -2.42. The maximum absolute atomic E-state index is 12.5. The smallest absolute Gasteiger partial charge is 0.407 e. The molecule has 0 saturated heterocycles. The highest BCUT2D eigenvalue weighted by atomic mass is 32.1. The van der Waals surface area contributed by atoms with Crippen LogP contribution in [0.3, 0.4) is 0 Å². The van der Waals surface area contributed by atoms with Gasteiger partial charge in [0.15, 0.2) is 0 Å². The number of fused-ring (bicyclic) bond motifs is 3. The van der Waals surface area contributed by atoms with Crippen LogP contribution in [0.5, 0.6) is 5.88 Å². The van der Waals surface area contributed by atoms with E-state index in [1.54, 1.807) is 11.3 Å². The Bertz CT molecular complexity index is 991. The number of nitrogens with zero attached hydrogens (tertiary/aromatic N) is 2. The third-order valence-electron chi connectivity index (χ3n) is 5.82. The highest BCUT2D eigenvalue weighted by molar-refractivity contribution is 7.19. The average molecular weight is 462 g/mol. The minimum Gasteiger partial charge on any atom is -0.474 e. The van der Waals surface area contributed by atoms with Gasteiger partial charge in [-0.1, -0.05) is 0 Å². The zero-order valence-corrected chi connectivity index (χ0v) is 19.9. The summed E-state index contributed by atoms with van der Waals surface area (Å²) < 4.78 is 17.0. The molecule has 2 aliphatic carbocycles. The number of alkyl carbamates (subject to hydrolysis) is 1. The number of thiophene rings is 1. The van der Waals surface area contributed by atoms with Gasteiger partial charge in [0.1, 0.15) is 22.9 Å². The number of ether oxygens (including phenoxy) is 3. The monoisotopic (exact) mass is 461 g/mol. The van der Waals surface area contributed by atoms with E-state index in [4.69, 9.17) is 14.2 Å². The zero-order chi connectivity index (χ0) is 22.9. The maximum atomic E-state index is 12.5. The predicted octanol–water partition coefficient (Wildman–Crippen LogP) is 4.50. The topological polar surface area (TPSA) is 99.6 Å². The van der Waals surface area contributed by atoms with Crippen LogP contribution in [-0.4, -0.2) is 46.4 Å². The summed E-state index contributed by atoms with van der Waals surface area (Å²) in [6, 6.07) is 0.0775. The highest BCUT2D eigenvalue weighted by Gasteiger charge is 2.36. The number of carbonyl (C=O) groups is 2. The standard InChI is InChI=1S/C23H31N3O5S/c1-5-29-21(27)15-10-11-16-17(15)18-19(24-12-25-20(18)32-16)30-14-8-6-13(7-9-14)26-22(28)31-23(2,3)4/h12-15H,5-11H2,1-4H3,(H,26,28). The Morgan fingerprint density at radius 2 is 1.91 bits per heavy atom. The van der Waals surface area contributed by atoms with Crippen LogP contribution in [0.25, 0.3) is 10.2 Å². The number of hydrogen-bond donors (Lipinski definition) is 1. The van der Waals surface area contributed by atoms with Crippen LogP contribution in [0.4, 0.5) is 4.79 Å². The molecule has 8 nitrogen and oxygen atoms in total. The van der Waals surface area contributed by atoms with Crippen molar-refractivity contribution >= 4 is 33.6 Å². The molecule has 2 heterocycles. The number of aromatic nitrogens is 2. The number of rotatable bonds is 5. The lowest BCUT2D eigenvalue weighted by molar-refractivity contribution is -0.144. The minimum absolute atomic E-state index is 0.00258. The van der Waals surface area contributed by atoms with E-state index in [0.29, 0.717) is 12.5 Å². The fourth-order valence-corrected chi connectivity index (χ4v) is 5.68. The van der Waals surface area contributed by atoms with Gasteiger partial charge in [-0.2, -0.15) is 0 Å². The number of aryl methyl sites for hydroxylation is 1. The molecule has 1 N–H and O–H groups in total. The number of nitrogens with one attached hydrogen (secondary N) is 1. The zero-order valence-electron chi connectivity index (χ0n) is 19.1. The Labute approximate surface area is 192 Å². The van der Waals surface area contributed by atoms with Crippen LogP contribution in [0.1, 0.15) is 76.2 Å². The molecule has 1 atom stereocenters. The summed E-state index contributed by atoms with van der Waals surface area (Å²) in [6.45, 7) is 7.76. The molecule has 0 spiro atoms. The van der Waals surface area contributed by atoms with Crippen LogP contribution in [0.15, 0.2) is 6.33 Å². The van der Waals surface area contributed by atoms with Crippen molar-refractivity contribution < 1.29 is 23.8 Å².